The van der Waals surface area contributed by atoms with Crippen LogP contribution in [0.25, 0.3) is 0 Å². The fourth-order valence-corrected chi connectivity index (χ4v) is 3.01. The number of carbonyl (C=O) groups is 1. The second-order valence-corrected chi connectivity index (χ2v) is 6.11. The van der Waals surface area contributed by atoms with E-state index in [1.165, 1.54) is 5.69 Å². The highest BCUT2D eigenvalue weighted by molar-refractivity contribution is 5.61. The Kier molecular flexibility index (Phi) is 5.83. The summed E-state index contributed by atoms with van der Waals surface area (Å²) >= 11 is 0. The zero-order valence-electron chi connectivity index (χ0n) is 15.3. The van der Waals surface area contributed by atoms with Gasteiger partial charge < -0.3 is 20.0 Å². The van der Waals surface area contributed by atoms with Gasteiger partial charge in [0.05, 0.1) is 6.20 Å². The summed E-state index contributed by atoms with van der Waals surface area (Å²) in [5.74, 6) is 1.24. The minimum absolute atomic E-state index is 0.584. The van der Waals surface area contributed by atoms with Gasteiger partial charge in [0, 0.05) is 50.6 Å². The Hall–Kier alpha value is -2.90. The van der Waals surface area contributed by atoms with Gasteiger partial charge in [-0.2, -0.15) is 10.1 Å². The molecule has 1 amide bonds. The number of aromatic nitrogens is 3. The molecule has 8 nitrogen and oxygen atoms in total. The van der Waals surface area contributed by atoms with Crippen LogP contribution in [0.2, 0.25) is 0 Å². The standard InChI is InChI=1S/C18H25N7O/c1-3-24(4-2)16-7-5-15(6-8-16)20-17-13-19-22-18(21-17)25-11-9-23(14-26)10-12-25/h5-8,13-14H,3-4,9-12H2,1-2H3,(H,20,21,22). The predicted molar refractivity (Wildman–Crippen MR) is 103 cm³/mol. The van der Waals surface area contributed by atoms with Crippen molar-refractivity contribution in [3.63, 3.8) is 0 Å². The van der Waals surface area contributed by atoms with E-state index in [0.29, 0.717) is 37.9 Å². The molecule has 0 aliphatic carbocycles. The monoisotopic (exact) mass is 355 g/mol. The number of nitrogens with zero attached hydrogens (tertiary/aromatic N) is 6. The van der Waals surface area contributed by atoms with Crippen LogP contribution >= 0.6 is 0 Å². The summed E-state index contributed by atoms with van der Waals surface area (Å²) in [5, 5.41) is 11.5. The third-order valence-corrected chi connectivity index (χ3v) is 4.56. The Bertz CT molecular complexity index is 710. The Morgan fingerprint density at radius 3 is 2.42 bits per heavy atom. The molecule has 0 bridgehead atoms. The second kappa shape index (κ2) is 8.46. The summed E-state index contributed by atoms with van der Waals surface area (Å²) < 4.78 is 0. The van der Waals surface area contributed by atoms with Crippen LogP contribution in [0.5, 0.6) is 0 Å². The number of piperazine rings is 1. The Morgan fingerprint density at radius 1 is 1.12 bits per heavy atom. The minimum atomic E-state index is 0.584. The van der Waals surface area contributed by atoms with Gasteiger partial charge in [0.25, 0.3) is 0 Å². The van der Waals surface area contributed by atoms with Gasteiger partial charge >= 0.3 is 0 Å². The highest BCUT2D eigenvalue weighted by atomic mass is 16.1. The van der Waals surface area contributed by atoms with Gasteiger partial charge in [-0.05, 0) is 38.1 Å². The number of benzene rings is 1. The van der Waals surface area contributed by atoms with Gasteiger partial charge in [0.15, 0.2) is 5.82 Å². The van der Waals surface area contributed by atoms with Gasteiger partial charge in [0.1, 0.15) is 0 Å². The molecule has 0 unspecified atom stereocenters. The van der Waals surface area contributed by atoms with Crippen LogP contribution in [-0.2, 0) is 4.79 Å². The van der Waals surface area contributed by atoms with Crippen LogP contribution in [-0.4, -0.2) is 65.8 Å². The van der Waals surface area contributed by atoms with Crippen molar-refractivity contribution >= 4 is 29.6 Å². The molecule has 1 aromatic carbocycles. The topological polar surface area (TPSA) is 77.5 Å². The lowest BCUT2D eigenvalue weighted by atomic mass is 10.2. The van der Waals surface area contributed by atoms with Gasteiger partial charge in [-0.1, -0.05) is 0 Å². The number of anilines is 4. The van der Waals surface area contributed by atoms with E-state index in [0.717, 1.165) is 25.2 Å². The first-order valence-corrected chi connectivity index (χ1v) is 8.99. The van der Waals surface area contributed by atoms with Crippen LogP contribution in [0.4, 0.5) is 23.1 Å². The molecule has 0 radical (unpaired) electrons. The Labute approximate surface area is 153 Å². The van der Waals surface area contributed by atoms with E-state index in [-0.39, 0.29) is 0 Å². The lowest BCUT2D eigenvalue weighted by Gasteiger charge is -2.32. The number of amides is 1. The van der Waals surface area contributed by atoms with Crippen LogP contribution in [0.3, 0.4) is 0 Å². The van der Waals surface area contributed by atoms with Crippen LogP contribution in [0.15, 0.2) is 30.5 Å². The van der Waals surface area contributed by atoms with E-state index in [9.17, 15) is 4.79 Å². The predicted octanol–water partition coefficient (Wildman–Crippen LogP) is 1.74. The summed E-state index contributed by atoms with van der Waals surface area (Å²) in [5.41, 5.74) is 2.16. The van der Waals surface area contributed by atoms with Gasteiger partial charge in [-0.3, -0.25) is 4.79 Å². The molecule has 1 aliphatic rings. The molecule has 1 saturated heterocycles. The fraction of sp³-hybridized carbons (Fsp3) is 0.444. The second-order valence-electron chi connectivity index (χ2n) is 6.11. The molecule has 0 saturated carbocycles. The minimum Gasteiger partial charge on any atom is -0.372 e. The number of hydrogen-bond donors (Lipinski definition) is 1. The van der Waals surface area contributed by atoms with Crippen molar-refractivity contribution in [2.24, 2.45) is 0 Å². The first-order chi connectivity index (χ1) is 12.7. The highest BCUT2D eigenvalue weighted by Crippen LogP contribution is 2.21. The molecule has 0 atom stereocenters. The normalized spacial score (nSPS) is 14.2. The number of nitrogens with one attached hydrogen (secondary N) is 1. The van der Waals surface area contributed by atoms with Crippen LogP contribution < -0.4 is 15.1 Å². The third-order valence-electron chi connectivity index (χ3n) is 4.56. The third kappa shape index (κ3) is 4.19. The van der Waals surface area contributed by atoms with E-state index < -0.39 is 0 Å². The Morgan fingerprint density at radius 2 is 1.81 bits per heavy atom. The fourth-order valence-electron chi connectivity index (χ4n) is 3.01. The van der Waals surface area contributed by atoms with E-state index in [4.69, 9.17) is 0 Å². The van der Waals surface area contributed by atoms with E-state index in [1.807, 2.05) is 17.0 Å². The van der Waals surface area contributed by atoms with Crippen molar-refractivity contribution in [1.29, 1.82) is 0 Å². The zero-order valence-corrected chi connectivity index (χ0v) is 15.3. The maximum atomic E-state index is 10.8. The van der Waals surface area contributed by atoms with E-state index in [1.54, 1.807) is 11.1 Å². The van der Waals surface area contributed by atoms with E-state index >= 15 is 0 Å². The first kappa shape index (κ1) is 17.9. The Balaban J connectivity index is 1.66. The molecule has 8 heteroatoms. The van der Waals surface area contributed by atoms with Crippen molar-refractivity contribution in [2.75, 3.05) is 54.4 Å². The van der Waals surface area contributed by atoms with Crippen LogP contribution in [0, 0.1) is 0 Å². The number of rotatable bonds is 7. The SMILES string of the molecule is CCN(CC)c1ccc(Nc2cnnc(N3CCN(C=O)CC3)n2)cc1. The maximum Gasteiger partial charge on any atom is 0.247 e. The zero-order chi connectivity index (χ0) is 18.4. The quantitative estimate of drug-likeness (QED) is 0.758. The van der Waals surface area contributed by atoms with Crippen molar-refractivity contribution in [1.82, 2.24) is 20.1 Å². The van der Waals surface area contributed by atoms with Crippen molar-refractivity contribution in [3.8, 4) is 0 Å². The molecule has 0 spiro atoms. The highest BCUT2D eigenvalue weighted by Gasteiger charge is 2.18. The lowest BCUT2D eigenvalue weighted by molar-refractivity contribution is -0.118. The summed E-state index contributed by atoms with van der Waals surface area (Å²) in [6.07, 6.45) is 2.50. The van der Waals surface area contributed by atoms with Crippen molar-refractivity contribution in [2.45, 2.75) is 13.8 Å². The number of carbonyl (C=O) groups excluding carboxylic acids is 1. The molecule has 1 N–H and O–H groups in total. The molecule has 2 aromatic rings. The summed E-state index contributed by atoms with van der Waals surface area (Å²) in [4.78, 5) is 21.5. The average Bonchev–Trinajstić information content (AvgIpc) is 2.70. The van der Waals surface area contributed by atoms with Crippen LogP contribution in [0.1, 0.15) is 13.8 Å². The summed E-state index contributed by atoms with van der Waals surface area (Å²) in [6, 6.07) is 8.28. The van der Waals surface area contributed by atoms with Crippen molar-refractivity contribution < 1.29 is 4.79 Å². The summed E-state index contributed by atoms with van der Waals surface area (Å²) in [6.45, 7) is 9.05. The smallest absolute Gasteiger partial charge is 0.247 e. The number of hydrogen-bond acceptors (Lipinski definition) is 7. The van der Waals surface area contributed by atoms with Gasteiger partial charge in [-0.15, -0.1) is 5.10 Å². The first-order valence-electron chi connectivity index (χ1n) is 8.99. The lowest BCUT2D eigenvalue weighted by Crippen LogP contribution is -2.46. The van der Waals surface area contributed by atoms with Gasteiger partial charge in [-0.25, -0.2) is 0 Å². The molecular weight excluding hydrogens is 330 g/mol. The molecular formula is C18H25N7O. The van der Waals surface area contributed by atoms with Crippen molar-refractivity contribution in [3.05, 3.63) is 30.5 Å². The van der Waals surface area contributed by atoms with E-state index in [2.05, 4.69) is 51.4 Å². The largest absolute Gasteiger partial charge is 0.372 e. The molecule has 138 valence electrons. The molecule has 1 aliphatic heterocycles. The molecule has 1 aromatic heterocycles. The molecule has 1 fully saturated rings. The van der Waals surface area contributed by atoms with Gasteiger partial charge in [0.2, 0.25) is 12.4 Å². The molecule has 2 heterocycles. The summed E-state index contributed by atoms with van der Waals surface area (Å²) in [7, 11) is 0. The maximum absolute atomic E-state index is 10.8. The average molecular weight is 355 g/mol. The molecule has 3 rings (SSSR count). The molecule has 26 heavy (non-hydrogen) atoms.